The van der Waals surface area contributed by atoms with E-state index in [1.54, 1.807) is 12.1 Å². The van der Waals surface area contributed by atoms with E-state index in [0.29, 0.717) is 36.0 Å². The van der Waals surface area contributed by atoms with Crippen LogP contribution in [0.3, 0.4) is 0 Å². The molecular weight excluding hydrogens is 290 g/mol. The van der Waals surface area contributed by atoms with Gasteiger partial charge in [0.1, 0.15) is 0 Å². The normalized spacial score (nSPS) is 10.6. The number of aromatic nitrogens is 2. The standard InChI is InChI=1S/C15H18ClN3O2/c1-2-10-17-13(20)4-3-5-14-18-15(19-21-14)11-6-8-12(16)9-7-11/h6-9H,2-5,10H2,1H3,(H,17,20). The Morgan fingerprint density at radius 3 is 2.81 bits per heavy atom. The number of carbonyl (C=O) groups is 1. The molecule has 0 spiro atoms. The maximum absolute atomic E-state index is 11.5. The largest absolute Gasteiger partial charge is 0.356 e. The first kappa shape index (κ1) is 15.5. The van der Waals surface area contributed by atoms with Crippen molar-refractivity contribution >= 4 is 17.5 Å². The van der Waals surface area contributed by atoms with Crippen molar-refractivity contribution in [1.29, 1.82) is 0 Å². The van der Waals surface area contributed by atoms with E-state index in [0.717, 1.165) is 18.5 Å². The van der Waals surface area contributed by atoms with Crippen LogP contribution < -0.4 is 5.32 Å². The van der Waals surface area contributed by atoms with Crippen molar-refractivity contribution in [1.82, 2.24) is 15.5 Å². The summed E-state index contributed by atoms with van der Waals surface area (Å²) in [5.41, 5.74) is 0.857. The van der Waals surface area contributed by atoms with Crippen LogP contribution in [0.4, 0.5) is 0 Å². The lowest BCUT2D eigenvalue weighted by atomic mass is 10.2. The van der Waals surface area contributed by atoms with Crippen molar-refractivity contribution < 1.29 is 9.32 Å². The smallest absolute Gasteiger partial charge is 0.226 e. The molecular formula is C15H18ClN3O2. The number of nitrogens with zero attached hydrogens (tertiary/aromatic N) is 2. The van der Waals surface area contributed by atoms with E-state index in [1.807, 2.05) is 19.1 Å². The van der Waals surface area contributed by atoms with Crippen LogP contribution in [-0.4, -0.2) is 22.6 Å². The Hall–Kier alpha value is -1.88. The highest BCUT2D eigenvalue weighted by atomic mass is 35.5. The second-order valence-corrected chi connectivity index (χ2v) is 5.16. The molecule has 1 aromatic heterocycles. The van der Waals surface area contributed by atoms with Gasteiger partial charge in [-0.05, 0) is 37.1 Å². The zero-order valence-corrected chi connectivity index (χ0v) is 12.7. The van der Waals surface area contributed by atoms with Crippen LogP contribution in [0, 0.1) is 0 Å². The van der Waals surface area contributed by atoms with E-state index in [1.165, 1.54) is 0 Å². The van der Waals surface area contributed by atoms with Gasteiger partial charge in [0.25, 0.3) is 0 Å². The summed E-state index contributed by atoms with van der Waals surface area (Å²) in [7, 11) is 0. The summed E-state index contributed by atoms with van der Waals surface area (Å²) in [5, 5.41) is 7.44. The number of rotatable bonds is 7. The summed E-state index contributed by atoms with van der Waals surface area (Å²) < 4.78 is 5.19. The van der Waals surface area contributed by atoms with Crippen LogP contribution in [0.1, 0.15) is 32.1 Å². The van der Waals surface area contributed by atoms with Gasteiger partial charge in [0.2, 0.25) is 17.6 Å². The third-order valence-electron chi connectivity index (χ3n) is 2.94. The summed E-state index contributed by atoms with van der Waals surface area (Å²) in [5.74, 6) is 1.15. The third kappa shape index (κ3) is 4.86. The lowest BCUT2D eigenvalue weighted by molar-refractivity contribution is -0.121. The Morgan fingerprint density at radius 1 is 1.33 bits per heavy atom. The van der Waals surface area contributed by atoms with Crippen molar-refractivity contribution in [3.05, 3.63) is 35.2 Å². The van der Waals surface area contributed by atoms with Gasteiger partial charge in [-0.2, -0.15) is 4.98 Å². The van der Waals surface area contributed by atoms with Gasteiger partial charge in [0, 0.05) is 30.0 Å². The van der Waals surface area contributed by atoms with Gasteiger partial charge in [0.05, 0.1) is 0 Å². The molecule has 0 saturated carbocycles. The first-order valence-electron chi connectivity index (χ1n) is 7.04. The second kappa shape index (κ2) is 7.78. The minimum atomic E-state index is 0.0642. The van der Waals surface area contributed by atoms with Gasteiger partial charge in [-0.3, -0.25) is 4.79 Å². The monoisotopic (exact) mass is 307 g/mol. The number of carbonyl (C=O) groups excluding carboxylic acids is 1. The van der Waals surface area contributed by atoms with E-state index < -0.39 is 0 Å². The lowest BCUT2D eigenvalue weighted by Crippen LogP contribution is -2.23. The third-order valence-corrected chi connectivity index (χ3v) is 3.19. The zero-order chi connectivity index (χ0) is 15.1. The molecule has 6 heteroatoms. The van der Waals surface area contributed by atoms with Crippen molar-refractivity contribution in [3.8, 4) is 11.4 Å². The maximum atomic E-state index is 11.5. The number of hydrogen-bond acceptors (Lipinski definition) is 4. The SMILES string of the molecule is CCCNC(=O)CCCc1nc(-c2ccc(Cl)cc2)no1. The van der Waals surface area contributed by atoms with E-state index in [9.17, 15) is 4.79 Å². The molecule has 1 amide bonds. The average molecular weight is 308 g/mol. The molecule has 2 aromatic rings. The Kier molecular flexibility index (Phi) is 5.75. The Morgan fingerprint density at radius 2 is 2.10 bits per heavy atom. The highest BCUT2D eigenvalue weighted by Crippen LogP contribution is 2.19. The van der Waals surface area contributed by atoms with Gasteiger partial charge < -0.3 is 9.84 Å². The lowest BCUT2D eigenvalue weighted by Gasteiger charge is -2.01. The number of benzene rings is 1. The zero-order valence-electron chi connectivity index (χ0n) is 11.9. The van der Waals surface area contributed by atoms with Gasteiger partial charge in [-0.15, -0.1) is 0 Å². The predicted molar refractivity (Wildman–Crippen MR) is 81.0 cm³/mol. The van der Waals surface area contributed by atoms with Crippen LogP contribution in [-0.2, 0) is 11.2 Å². The van der Waals surface area contributed by atoms with Crippen LogP contribution >= 0.6 is 11.6 Å². The highest BCUT2D eigenvalue weighted by Gasteiger charge is 2.09. The fraction of sp³-hybridized carbons (Fsp3) is 0.400. The molecule has 0 aliphatic rings. The number of hydrogen-bond donors (Lipinski definition) is 1. The van der Waals surface area contributed by atoms with E-state index >= 15 is 0 Å². The van der Waals surface area contributed by atoms with Crippen molar-refractivity contribution in [2.45, 2.75) is 32.6 Å². The molecule has 0 unspecified atom stereocenters. The van der Waals surface area contributed by atoms with Gasteiger partial charge in [-0.25, -0.2) is 0 Å². The van der Waals surface area contributed by atoms with E-state index in [4.69, 9.17) is 16.1 Å². The maximum Gasteiger partial charge on any atom is 0.226 e. The highest BCUT2D eigenvalue weighted by molar-refractivity contribution is 6.30. The number of halogens is 1. The van der Waals surface area contributed by atoms with Gasteiger partial charge in [0.15, 0.2) is 0 Å². The first-order valence-corrected chi connectivity index (χ1v) is 7.42. The molecule has 1 heterocycles. The number of amides is 1. The Balaban J connectivity index is 1.83. The number of nitrogens with one attached hydrogen (secondary N) is 1. The summed E-state index contributed by atoms with van der Waals surface area (Å²) in [6, 6.07) is 7.25. The van der Waals surface area contributed by atoms with Crippen molar-refractivity contribution in [2.75, 3.05) is 6.54 Å². The predicted octanol–water partition coefficient (Wildman–Crippen LogP) is 3.24. The number of aryl methyl sites for hydroxylation is 1. The fourth-order valence-electron chi connectivity index (χ4n) is 1.83. The fourth-order valence-corrected chi connectivity index (χ4v) is 1.95. The van der Waals surface area contributed by atoms with Crippen LogP contribution in [0.5, 0.6) is 0 Å². The Bertz CT molecular complexity index is 581. The van der Waals surface area contributed by atoms with Crippen LogP contribution in [0.2, 0.25) is 5.02 Å². The molecule has 0 bridgehead atoms. The molecule has 1 aromatic carbocycles. The van der Waals surface area contributed by atoms with Crippen LogP contribution in [0.15, 0.2) is 28.8 Å². The summed E-state index contributed by atoms with van der Waals surface area (Å²) >= 11 is 5.84. The van der Waals surface area contributed by atoms with Gasteiger partial charge in [-0.1, -0.05) is 23.7 Å². The van der Waals surface area contributed by atoms with Crippen molar-refractivity contribution in [3.63, 3.8) is 0 Å². The molecule has 0 radical (unpaired) electrons. The molecule has 5 nitrogen and oxygen atoms in total. The Labute approximate surface area is 128 Å². The van der Waals surface area contributed by atoms with Gasteiger partial charge >= 0.3 is 0 Å². The summed E-state index contributed by atoms with van der Waals surface area (Å²) in [6.45, 7) is 2.75. The molecule has 1 N–H and O–H groups in total. The summed E-state index contributed by atoms with van der Waals surface area (Å²) in [6.07, 6.45) is 2.70. The minimum absolute atomic E-state index is 0.0642. The molecule has 112 valence electrons. The minimum Gasteiger partial charge on any atom is -0.356 e. The first-order chi connectivity index (χ1) is 10.2. The molecule has 0 fully saturated rings. The average Bonchev–Trinajstić information content (AvgIpc) is 2.95. The molecule has 0 saturated heterocycles. The van der Waals surface area contributed by atoms with E-state index in [-0.39, 0.29) is 5.91 Å². The quantitative estimate of drug-likeness (QED) is 0.852. The topological polar surface area (TPSA) is 68.0 Å². The molecule has 0 aliphatic carbocycles. The van der Waals surface area contributed by atoms with E-state index in [2.05, 4.69) is 15.5 Å². The molecule has 21 heavy (non-hydrogen) atoms. The molecule has 0 aliphatic heterocycles. The summed E-state index contributed by atoms with van der Waals surface area (Å²) in [4.78, 5) is 15.8. The van der Waals surface area contributed by atoms with Crippen LogP contribution in [0.25, 0.3) is 11.4 Å². The molecule has 0 atom stereocenters. The van der Waals surface area contributed by atoms with Crippen molar-refractivity contribution in [2.24, 2.45) is 0 Å². The molecule has 2 rings (SSSR count). The second-order valence-electron chi connectivity index (χ2n) is 4.72.